The predicted molar refractivity (Wildman–Crippen MR) is 52.4 cm³/mol. The summed E-state index contributed by atoms with van der Waals surface area (Å²) in [5.41, 5.74) is 1.61. The third-order valence-corrected chi connectivity index (χ3v) is 2.03. The van der Waals surface area contributed by atoms with Gasteiger partial charge in [0.05, 0.1) is 0 Å². The first-order valence-corrected chi connectivity index (χ1v) is 4.24. The fourth-order valence-electron chi connectivity index (χ4n) is 0.961. The van der Waals surface area contributed by atoms with Crippen LogP contribution in [0.15, 0.2) is 29.2 Å². The molecule has 0 aliphatic heterocycles. The molecule has 1 aromatic rings. The zero-order valence-corrected chi connectivity index (χ0v) is 11.8. The number of benzene rings is 1. The van der Waals surface area contributed by atoms with Gasteiger partial charge in [-0.25, -0.2) is 0 Å². The quantitative estimate of drug-likeness (QED) is 0.514. The van der Waals surface area contributed by atoms with E-state index in [1.54, 1.807) is 0 Å². The van der Waals surface area contributed by atoms with Gasteiger partial charge >= 0.3 is 0 Å². The van der Waals surface area contributed by atoms with Crippen LogP contribution in [0.4, 0.5) is 0 Å². The number of hydrogen-bond acceptors (Lipinski definition) is 1. The van der Waals surface area contributed by atoms with E-state index in [1.165, 1.54) is 5.56 Å². The molecule has 0 aliphatic rings. The smallest absolute Gasteiger partial charge is 0.00401 e. The first-order valence-electron chi connectivity index (χ1n) is 3.79. The van der Waals surface area contributed by atoms with Gasteiger partial charge in [0.15, 0.2) is 0 Å². The van der Waals surface area contributed by atoms with Gasteiger partial charge in [0.25, 0.3) is 0 Å². The van der Waals surface area contributed by atoms with Crippen LogP contribution in [0, 0.1) is 0 Å². The van der Waals surface area contributed by atoms with Crippen LogP contribution in [0.5, 0.6) is 0 Å². The third kappa shape index (κ3) is 3.29. The van der Waals surface area contributed by atoms with E-state index in [2.05, 4.69) is 45.5 Å². The molecule has 0 bridgehead atoms. The van der Waals surface area contributed by atoms with Crippen molar-refractivity contribution in [1.82, 2.24) is 0 Å². The molecular formula is C10H14SZn. The van der Waals surface area contributed by atoms with Crippen molar-refractivity contribution in [2.24, 2.45) is 0 Å². The van der Waals surface area contributed by atoms with Crippen LogP contribution in [-0.2, 0) is 24.9 Å². The van der Waals surface area contributed by atoms with Crippen LogP contribution in [0.2, 0.25) is 0 Å². The fourth-order valence-corrected chi connectivity index (χ4v) is 1.11. The summed E-state index contributed by atoms with van der Waals surface area (Å²) in [4.78, 5) is 1.03. The summed E-state index contributed by atoms with van der Waals surface area (Å²) in [7, 11) is 0. The molecule has 0 heterocycles. The van der Waals surface area contributed by atoms with Gasteiger partial charge < -0.3 is 0 Å². The molecule has 0 aromatic heterocycles. The average Bonchev–Trinajstić information content (AvgIpc) is 1.86. The van der Waals surface area contributed by atoms with Gasteiger partial charge in [-0.2, -0.15) is 0 Å². The SMILES string of the molecule is CC(C)(C)c1ccc(S)cc1.[Zn]. The summed E-state index contributed by atoms with van der Waals surface area (Å²) in [6.45, 7) is 6.63. The number of hydrogen-bond donors (Lipinski definition) is 1. The molecule has 0 spiro atoms. The topological polar surface area (TPSA) is 0 Å². The van der Waals surface area contributed by atoms with Crippen molar-refractivity contribution in [1.29, 1.82) is 0 Å². The molecule has 1 rings (SSSR count). The zero-order valence-electron chi connectivity index (χ0n) is 7.96. The van der Waals surface area contributed by atoms with Gasteiger partial charge in [-0.1, -0.05) is 32.9 Å². The Morgan fingerprint density at radius 3 is 1.75 bits per heavy atom. The molecule has 0 saturated heterocycles. The molecule has 0 atom stereocenters. The van der Waals surface area contributed by atoms with E-state index in [4.69, 9.17) is 0 Å². The zero-order chi connectivity index (χ0) is 8.48. The van der Waals surface area contributed by atoms with E-state index in [0.29, 0.717) is 0 Å². The summed E-state index contributed by atoms with van der Waals surface area (Å²) in [6, 6.07) is 8.32. The van der Waals surface area contributed by atoms with Crippen molar-refractivity contribution in [3.8, 4) is 0 Å². The van der Waals surface area contributed by atoms with Crippen molar-refractivity contribution >= 4 is 12.6 Å². The van der Waals surface area contributed by atoms with Gasteiger partial charge in [-0.05, 0) is 23.1 Å². The maximum Gasteiger partial charge on any atom is 0.00401 e. The molecule has 0 saturated carbocycles. The van der Waals surface area contributed by atoms with Crippen LogP contribution in [-0.4, -0.2) is 0 Å². The van der Waals surface area contributed by atoms with E-state index in [9.17, 15) is 0 Å². The van der Waals surface area contributed by atoms with Crippen molar-refractivity contribution in [3.63, 3.8) is 0 Å². The number of rotatable bonds is 0. The summed E-state index contributed by atoms with van der Waals surface area (Å²) < 4.78 is 0. The second-order valence-electron chi connectivity index (χ2n) is 3.80. The Morgan fingerprint density at radius 1 is 1.00 bits per heavy atom. The van der Waals surface area contributed by atoms with Gasteiger partial charge in [0, 0.05) is 24.4 Å². The fraction of sp³-hybridized carbons (Fsp3) is 0.400. The van der Waals surface area contributed by atoms with Crippen molar-refractivity contribution < 1.29 is 19.5 Å². The second kappa shape index (κ2) is 4.44. The Hall–Kier alpha value is 0.193. The van der Waals surface area contributed by atoms with E-state index >= 15 is 0 Å². The molecular weight excluding hydrogens is 218 g/mol. The molecule has 0 radical (unpaired) electrons. The van der Waals surface area contributed by atoms with Crippen LogP contribution in [0.25, 0.3) is 0 Å². The average molecular weight is 232 g/mol. The first kappa shape index (κ1) is 12.2. The number of thiol groups is 1. The van der Waals surface area contributed by atoms with Gasteiger partial charge in [-0.15, -0.1) is 12.6 Å². The second-order valence-corrected chi connectivity index (χ2v) is 4.31. The molecule has 0 unspecified atom stereocenters. The maximum atomic E-state index is 4.23. The predicted octanol–water partition coefficient (Wildman–Crippen LogP) is 3.27. The minimum atomic E-state index is 0. The Balaban J connectivity index is 0.00000121. The third-order valence-electron chi connectivity index (χ3n) is 1.73. The molecule has 12 heavy (non-hydrogen) atoms. The first-order chi connectivity index (χ1) is 5.00. The van der Waals surface area contributed by atoms with Crippen molar-refractivity contribution in [3.05, 3.63) is 29.8 Å². The van der Waals surface area contributed by atoms with E-state index in [1.807, 2.05) is 12.1 Å². The van der Waals surface area contributed by atoms with Gasteiger partial charge in [-0.3, -0.25) is 0 Å². The molecule has 1 aromatic carbocycles. The monoisotopic (exact) mass is 230 g/mol. The minimum Gasteiger partial charge on any atom is -0.143 e. The Kier molecular flexibility index (Phi) is 4.51. The summed E-state index contributed by atoms with van der Waals surface area (Å²) in [6.07, 6.45) is 0. The Bertz CT molecular complexity index is 233. The van der Waals surface area contributed by atoms with Crippen LogP contribution < -0.4 is 0 Å². The normalized spacial score (nSPS) is 10.7. The largest absolute Gasteiger partial charge is 0.143 e. The van der Waals surface area contributed by atoms with Crippen LogP contribution >= 0.6 is 12.6 Å². The van der Waals surface area contributed by atoms with E-state index in [-0.39, 0.29) is 24.9 Å². The summed E-state index contributed by atoms with van der Waals surface area (Å²) in [5, 5.41) is 0. The Labute approximate surface area is 92.9 Å². The van der Waals surface area contributed by atoms with Gasteiger partial charge in [0.1, 0.15) is 0 Å². The van der Waals surface area contributed by atoms with E-state index in [0.717, 1.165) is 4.90 Å². The minimum absolute atomic E-state index is 0. The molecule has 0 fully saturated rings. The molecule has 2 heteroatoms. The standard InChI is InChI=1S/C10H14S.Zn/c1-10(2,3)8-4-6-9(11)7-5-8;/h4-7,11H,1-3H3;. The van der Waals surface area contributed by atoms with E-state index < -0.39 is 0 Å². The summed E-state index contributed by atoms with van der Waals surface area (Å²) in [5.74, 6) is 0. The Morgan fingerprint density at radius 2 is 1.42 bits per heavy atom. The van der Waals surface area contributed by atoms with Crippen LogP contribution in [0.3, 0.4) is 0 Å². The van der Waals surface area contributed by atoms with Gasteiger partial charge in [0.2, 0.25) is 0 Å². The van der Waals surface area contributed by atoms with Crippen molar-refractivity contribution in [2.45, 2.75) is 31.1 Å². The van der Waals surface area contributed by atoms with Crippen LogP contribution in [0.1, 0.15) is 26.3 Å². The molecule has 0 aliphatic carbocycles. The summed E-state index contributed by atoms with van der Waals surface area (Å²) >= 11 is 4.23. The van der Waals surface area contributed by atoms with Crippen molar-refractivity contribution in [2.75, 3.05) is 0 Å². The molecule has 0 N–H and O–H groups in total. The molecule has 62 valence electrons. The molecule has 0 amide bonds. The maximum absolute atomic E-state index is 4.23. The molecule has 0 nitrogen and oxygen atoms in total.